The van der Waals surface area contributed by atoms with E-state index in [1.807, 2.05) is 19.2 Å². The van der Waals surface area contributed by atoms with Crippen LogP contribution in [0.1, 0.15) is 26.3 Å². The number of carbonyl (C=O) groups excluding carboxylic acids is 3. The minimum Gasteiger partial charge on any atom is -0.493 e. The van der Waals surface area contributed by atoms with Gasteiger partial charge in [-0.05, 0) is 44.5 Å². The number of hydrogen-bond donors (Lipinski definition) is 2. The monoisotopic (exact) mass is 398 g/mol. The minimum absolute atomic E-state index is 0.0878. The van der Waals surface area contributed by atoms with Crippen molar-refractivity contribution in [1.82, 2.24) is 10.6 Å². The van der Waals surface area contributed by atoms with Crippen LogP contribution in [-0.4, -0.2) is 44.3 Å². The molecule has 0 saturated heterocycles. The molecular formula is C18H23ClN2O6. The van der Waals surface area contributed by atoms with Crippen molar-refractivity contribution in [2.45, 2.75) is 33.0 Å². The van der Waals surface area contributed by atoms with Crippen molar-refractivity contribution in [3.05, 3.63) is 28.8 Å². The van der Waals surface area contributed by atoms with Crippen LogP contribution < -0.4 is 20.1 Å². The van der Waals surface area contributed by atoms with Crippen LogP contribution in [0.2, 0.25) is 5.02 Å². The molecule has 1 rings (SSSR count). The SMILES string of the molecule is CNC(=O)NC(=O)[C@@H](C)OC(=O)/C=C/c1cc(Cl)c(OC(C)C)c(OC)c1. The third-order valence-electron chi connectivity index (χ3n) is 3.14. The molecule has 8 nitrogen and oxygen atoms in total. The van der Waals surface area contributed by atoms with Crippen molar-refractivity contribution in [1.29, 1.82) is 0 Å². The molecule has 2 N–H and O–H groups in total. The van der Waals surface area contributed by atoms with Crippen molar-refractivity contribution < 1.29 is 28.6 Å². The third kappa shape index (κ3) is 7.18. The predicted molar refractivity (Wildman–Crippen MR) is 101 cm³/mol. The van der Waals surface area contributed by atoms with E-state index in [0.29, 0.717) is 22.1 Å². The first-order valence-electron chi connectivity index (χ1n) is 8.13. The average Bonchev–Trinajstić information content (AvgIpc) is 2.61. The number of nitrogens with one attached hydrogen (secondary N) is 2. The maximum atomic E-state index is 11.9. The predicted octanol–water partition coefficient (Wildman–Crippen LogP) is 2.54. The van der Waals surface area contributed by atoms with Crippen molar-refractivity contribution >= 4 is 35.6 Å². The van der Waals surface area contributed by atoms with E-state index in [-0.39, 0.29) is 6.10 Å². The Kier molecular flexibility index (Phi) is 8.61. The third-order valence-corrected chi connectivity index (χ3v) is 3.42. The summed E-state index contributed by atoms with van der Waals surface area (Å²) < 4.78 is 15.8. The molecule has 1 aromatic carbocycles. The highest BCUT2D eigenvalue weighted by atomic mass is 35.5. The smallest absolute Gasteiger partial charge is 0.331 e. The van der Waals surface area contributed by atoms with Gasteiger partial charge in [0.25, 0.3) is 5.91 Å². The van der Waals surface area contributed by atoms with Crippen LogP contribution in [0.3, 0.4) is 0 Å². The Morgan fingerprint density at radius 1 is 1.19 bits per heavy atom. The zero-order valence-corrected chi connectivity index (χ0v) is 16.5. The molecule has 0 heterocycles. The van der Waals surface area contributed by atoms with Gasteiger partial charge >= 0.3 is 12.0 Å². The topological polar surface area (TPSA) is 103 Å². The summed E-state index contributed by atoms with van der Waals surface area (Å²) in [4.78, 5) is 34.6. The van der Waals surface area contributed by atoms with E-state index < -0.39 is 24.0 Å². The molecule has 0 aliphatic rings. The van der Waals surface area contributed by atoms with Crippen molar-refractivity contribution in [3.8, 4) is 11.5 Å². The summed E-state index contributed by atoms with van der Waals surface area (Å²) in [6.07, 6.45) is 1.37. The van der Waals surface area contributed by atoms with Gasteiger partial charge in [-0.25, -0.2) is 9.59 Å². The van der Waals surface area contributed by atoms with Gasteiger partial charge in [-0.1, -0.05) is 11.6 Å². The molecule has 0 fully saturated rings. The first kappa shape index (κ1) is 22.3. The van der Waals surface area contributed by atoms with E-state index in [1.165, 1.54) is 27.2 Å². The van der Waals surface area contributed by atoms with Crippen molar-refractivity contribution in [2.24, 2.45) is 0 Å². The van der Waals surface area contributed by atoms with Gasteiger partial charge in [0.05, 0.1) is 18.2 Å². The number of urea groups is 1. The Morgan fingerprint density at radius 2 is 1.85 bits per heavy atom. The second kappa shape index (κ2) is 10.4. The number of imide groups is 1. The molecule has 148 valence electrons. The van der Waals surface area contributed by atoms with E-state index in [4.69, 9.17) is 25.8 Å². The van der Waals surface area contributed by atoms with Crippen molar-refractivity contribution in [2.75, 3.05) is 14.2 Å². The number of ether oxygens (including phenoxy) is 3. The fourth-order valence-corrected chi connectivity index (χ4v) is 2.16. The Morgan fingerprint density at radius 3 is 2.41 bits per heavy atom. The highest BCUT2D eigenvalue weighted by Gasteiger charge is 2.18. The van der Waals surface area contributed by atoms with Crippen LogP contribution >= 0.6 is 11.6 Å². The molecule has 3 amide bonds. The van der Waals surface area contributed by atoms with E-state index in [0.717, 1.165) is 6.08 Å². The van der Waals surface area contributed by atoms with E-state index in [9.17, 15) is 14.4 Å². The highest BCUT2D eigenvalue weighted by Crippen LogP contribution is 2.37. The van der Waals surface area contributed by atoms with Gasteiger partial charge in [-0.15, -0.1) is 0 Å². The van der Waals surface area contributed by atoms with Crippen molar-refractivity contribution in [3.63, 3.8) is 0 Å². The van der Waals surface area contributed by atoms with Gasteiger partial charge in [-0.3, -0.25) is 10.1 Å². The summed E-state index contributed by atoms with van der Waals surface area (Å²) >= 11 is 6.21. The van der Waals surface area contributed by atoms with Gasteiger partial charge in [0.1, 0.15) is 0 Å². The van der Waals surface area contributed by atoms with Gasteiger partial charge < -0.3 is 19.5 Å². The van der Waals surface area contributed by atoms with Gasteiger partial charge in [0.15, 0.2) is 17.6 Å². The molecule has 1 atom stereocenters. The molecule has 0 aromatic heterocycles. The molecule has 0 aliphatic carbocycles. The lowest BCUT2D eigenvalue weighted by Gasteiger charge is -2.15. The molecule has 27 heavy (non-hydrogen) atoms. The maximum Gasteiger partial charge on any atom is 0.331 e. The number of carbonyl (C=O) groups is 3. The quantitative estimate of drug-likeness (QED) is 0.540. The van der Waals surface area contributed by atoms with Crippen LogP contribution in [0.4, 0.5) is 4.79 Å². The standard InChI is InChI=1S/C18H23ClN2O6/c1-10(2)26-16-13(19)8-12(9-14(16)25-5)6-7-15(22)27-11(3)17(23)21-18(24)20-4/h6-11H,1-5H3,(H2,20,21,23,24)/b7-6+/t11-/m1/s1. The average molecular weight is 399 g/mol. The molecule has 0 bridgehead atoms. The number of hydrogen-bond acceptors (Lipinski definition) is 6. The highest BCUT2D eigenvalue weighted by molar-refractivity contribution is 6.32. The van der Waals surface area contributed by atoms with Gasteiger partial charge in [0.2, 0.25) is 0 Å². The fraction of sp³-hybridized carbons (Fsp3) is 0.389. The Bertz CT molecular complexity index is 733. The second-order valence-corrected chi connectivity index (χ2v) is 6.09. The molecule has 0 spiro atoms. The summed E-state index contributed by atoms with van der Waals surface area (Å²) in [7, 11) is 2.84. The number of rotatable bonds is 7. The van der Waals surface area contributed by atoms with E-state index in [1.54, 1.807) is 12.1 Å². The Labute approximate surface area is 162 Å². The Balaban J connectivity index is 2.81. The van der Waals surface area contributed by atoms with Crippen LogP contribution in [0.5, 0.6) is 11.5 Å². The molecule has 9 heteroatoms. The largest absolute Gasteiger partial charge is 0.493 e. The molecule has 0 radical (unpaired) electrons. The summed E-state index contributed by atoms with van der Waals surface area (Å²) in [5.41, 5.74) is 0.576. The molecular weight excluding hydrogens is 376 g/mol. The summed E-state index contributed by atoms with van der Waals surface area (Å²) in [6.45, 7) is 5.07. The Hall–Kier alpha value is -2.74. The molecule has 1 aromatic rings. The maximum absolute atomic E-state index is 11.9. The first-order chi connectivity index (χ1) is 12.7. The van der Waals surface area contributed by atoms with Crippen LogP contribution in [0.15, 0.2) is 18.2 Å². The first-order valence-corrected chi connectivity index (χ1v) is 8.51. The van der Waals surface area contributed by atoms with Gasteiger partial charge in [0, 0.05) is 13.1 Å². The summed E-state index contributed by atoms with van der Waals surface area (Å²) in [6, 6.07) is 2.56. The number of halogens is 1. The lowest BCUT2D eigenvalue weighted by atomic mass is 10.2. The number of benzene rings is 1. The zero-order chi connectivity index (χ0) is 20.6. The fourth-order valence-electron chi connectivity index (χ4n) is 1.89. The van der Waals surface area contributed by atoms with Crippen LogP contribution in [-0.2, 0) is 14.3 Å². The summed E-state index contributed by atoms with van der Waals surface area (Å²) in [5.74, 6) is -0.668. The van der Waals surface area contributed by atoms with Crippen LogP contribution in [0.25, 0.3) is 6.08 Å². The summed E-state index contributed by atoms with van der Waals surface area (Å²) in [5, 5.41) is 4.57. The van der Waals surface area contributed by atoms with Crippen LogP contribution in [0, 0.1) is 0 Å². The van der Waals surface area contributed by atoms with E-state index in [2.05, 4.69) is 5.32 Å². The lowest BCUT2D eigenvalue weighted by Crippen LogP contribution is -2.43. The lowest BCUT2D eigenvalue weighted by molar-refractivity contribution is -0.149. The van der Waals surface area contributed by atoms with E-state index >= 15 is 0 Å². The second-order valence-electron chi connectivity index (χ2n) is 5.68. The molecule has 0 aliphatic heterocycles. The van der Waals surface area contributed by atoms with Gasteiger partial charge in [-0.2, -0.15) is 0 Å². The molecule has 0 unspecified atom stereocenters. The normalized spacial score (nSPS) is 11.8. The zero-order valence-electron chi connectivity index (χ0n) is 15.8. The minimum atomic E-state index is -1.14. The molecule has 0 saturated carbocycles. The number of amides is 3. The number of methoxy groups -OCH3 is 1. The number of esters is 1.